The number of hydrogen-bond donors (Lipinski definition) is 2. The molecule has 9 nitrogen and oxygen atoms in total. The Labute approximate surface area is 217 Å². The molecule has 1 saturated heterocycles. The number of aromatic nitrogens is 3. The van der Waals surface area contributed by atoms with Crippen molar-refractivity contribution in [2.45, 2.75) is 32.7 Å². The van der Waals surface area contributed by atoms with Gasteiger partial charge < -0.3 is 20.1 Å². The zero-order valence-corrected chi connectivity index (χ0v) is 22.3. The van der Waals surface area contributed by atoms with E-state index in [4.69, 9.17) is 0 Å². The van der Waals surface area contributed by atoms with Crippen molar-refractivity contribution in [1.29, 1.82) is 0 Å². The van der Waals surface area contributed by atoms with Gasteiger partial charge >= 0.3 is 5.92 Å². The van der Waals surface area contributed by atoms with Gasteiger partial charge in [0.05, 0.1) is 23.3 Å². The Bertz CT molecular complexity index is 1460. The van der Waals surface area contributed by atoms with E-state index in [1.165, 1.54) is 25.3 Å². The van der Waals surface area contributed by atoms with Crippen molar-refractivity contribution < 1.29 is 27.3 Å². The number of hydrogen-bond acceptors (Lipinski definition) is 7. The van der Waals surface area contributed by atoms with E-state index in [0.29, 0.717) is 53.4 Å². The van der Waals surface area contributed by atoms with Crippen LogP contribution in [-0.4, -0.2) is 64.1 Å². The Morgan fingerprint density at radius 2 is 1.87 bits per heavy atom. The fourth-order valence-electron chi connectivity index (χ4n) is 4.49. The minimum atomic E-state index is -4.06. The van der Waals surface area contributed by atoms with Crippen LogP contribution >= 0.6 is 7.14 Å². The van der Waals surface area contributed by atoms with E-state index in [2.05, 4.69) is 20.3 Å². The van der Waals surface area contributed by atoms with Crippen LogP contribution < -0.4 is 16.1 Å². The molecule has 4 rings (SSSR count). The number of rotatable bonds is 6. The largest absolute Gasteiger partial charge is 0.363 e. The van der Waals surface area contributed by atoms with Gasteiger partial charge in [-0.3, -0.25) is 14.6 Å². The number of benzene rings is 1. The molecule has 1 aliphatic heterocycles. The summed E-state index contributed by atoms with van der Waals surface area (Å²) in [4.78, 5) is 38.2. The number of aryl methyl sites for hydroxylation is 1. The number of carbonyl (C=O) groups excluding carboxylic acids is 2. The molecular weight excluding hydrogens is 520 g/mol. The first-order valence-corrected chi connectivity index (χ1v) is 14.1. The van der Waals surface area contributed by atoms with Crippen molar-refractivity contribution in [3.63, 3.8) is 0 Å². The summed E-state index contributed by atoms with van der Waals surface area (Å²) >= 11 is 0. The molecule has 1 aliphatic rings. The zero-order chi connectivity index (χ0) is 27.8. The fourth-order valence-corrected chi connectivity index (χ4v) is 6.93. The quantitative estimate of drug-likeness (QED) is 0.454. The summed E-state index contributed by atoms with van der Waals surface area (Å²) in [6.45, 7) is 5.45. The number of pyridine rings is 1. The molecule has 0 radical (unpaired) electrons. The standard InChI is InChI=1S/C25H28F3N6O3P/c1-14(17-6-5-7-19(22(17)26)25(27,28)24(36)29-4)31-23-18-12-21(30-13-20(18)32-15(2)33-23)38(37)10-8-34(9-11-38)16(3)35/h5-7,12-14H,8-11H2,1-4H3,(H,29,36)(H,31,32,33)/t14-/m1/s1. The highest BCUT2D eigenvalue weighted by molar-refractivity contribution is 7.71. The lowest BCUT2D eigenvalue weighted by molar-refractivity contribution is -0.146. The maximum Gasteiger partial charge on any atom is 0.352 e. The molecular formula is C25H28F3N6O3P. The number of nitrogens with zero attached hydrogens (tertiary/aromatic N) is 4. The van der Waals surface area contributed by atoms with Crippen LogP contribution in [0.5, 0.6) is 0 Å². The second-order valence-electron chi connectivity index (χ2n) is 9.25. The lowest BCUT2D eigenvalue weighted by Gasteiger charge is -2.31. The summed E-state index contributed by atoms with van der Waals surface area (Å²) in [6, 6.07) is 4.28. The zero-order valence-electron chi connectivity index (χ0n) is 21.4. The Balaban J connectivity index is 1.69. The SMILES string of the molecule is CNC(=O)C(F)(F)c1cccc([C@@H](C)Nc2nc(C)nc3cnc(P4(=O)CCN(C(C)=O)CC4)cc23)c1F. The second-order valence-corrected chi connectivity index (χ2v) is 12.4. The van der Waals surface area contributed by atoms with Crippen molar-refractivity contribution in [2.75, 3.05) is 37.8 Å². The van der Waals surface area contributed by atoms with Gasteiger partial charge in [0.25, 0.3) is 5.91 Å². The lowest BCUT2D eigenvalue weighted by atomic mass is 9.99. The summed E-state index contributed by atoms with van der Waals surface area (Å²) in [7, 11) is -1.84. The first-order chi connectivity index (χ1) is 17.9. The van der Waals surface area contributed by atoms with E-state index < -0.39 is 36.4 Å². The topological polar surface area (TPSA) is 117 Å². The van der Waals surface area contributed by atoms with E-state index in [0.717, 1.165) is 13.1 Å². The van der Waals surface area contributed by atoms with E-state index in [1.807, 2.05) is 5.32 Å². The molecule has 2 aromatic heterocycles. The average Bonchev–Trinajstić information content (AvgIpc) is 2.88. The van der Waals surface area contributed by atoms with Gasteiger partial charge in [0.1, 0.15) is 30.0 Å². The maximum atomic E-state index is 15.2. The fraction of sp³-hybridized carbons (Fsp3) is 0.400. The van der Waals surface area contributed by atoms with Gasteiger partial charge in [-0.25, -0.2) is 14.4 Å². The highest BCUT2D eigenvalue weighted by Gasteiger charge is 2.43. The first kappa shape index (κ1) is 27.5. The van der Waals surface area contributed by atoms with Crippen molar-refractivity contribution in [3.8, 4) is 0 Å². The molecule has 1 fully saturated rings. The minimum Gasteiger partial charge on any atom is -0.363 e. The molecule has 1 aromatic carbocycles. The normalized spacial score (nSPS) is 16.2. The third-order valence-corrected chi connectivity index (χ3v) is 9.63. The molecule has 3 heterocycles. The molecule has 0 spiro atoms. The molecule has 202 valence electrons. The number of likely N-dealkylation sites (N-methyl/N-ethyl adjacent to an activating group) is 1. The molecule has 3 aromatic rings. The molecule has 13 heteroatoms. The van der Waals surface area contributed by atoms with Crippen molar-refractivity contribution in [3.05, 3.63) is 53.2 Å². The molecule has 2 amide bonds. The van der Waals surface area contributed by atoms with Gasteiger partial charge in [0.15, 0.2) is 0 Å². The van der Waals surface area contributed by atoms with E-state index >= 15 is 4.39 Å². The number of carbonyl (C=O) groups is 2. The predicted molar refractivity (Wildman–Crippen MR) is 138 cm³/mol. The van der Waals surface area contributed by atoms with Crippen molar-refractivity contribution >= 4 is 41.1 Å². The number of fused-ring (bicyclic) bond motifs is 1. The summed E-state index contributed by atoms with van der Waals surface area (Å²) in [5.41, 5.74) is -0.276. The molecule has 38 heavy (non-hydrogen) atoms. The smallest absolute Gasteiger partial charge is 0.352 e. The molecule has 1 atom stereocenters. The number of anilines is 1. The average molecular weight is 549 g/mol. The maximum absolute atomic E-state index is 15.2. The van der Waals surface area contributed by atoms with Crippen molar-refractivity contribution in [1.82, 2.24) is 25.2 Å². The van der Waals surface area contributed by atoms with Crippen LogP contribution in [0.2, 0.25) is 0 Å². The van der Waals surface area contributed by atoms with Gasteiger partial charge in [-0.05, 0) is 26.0 Å². The lowest BCUT2D eigenvalue weighted by Crippen LogP contribution is -2.40. The first-order valence-electron chi connectivity index (χ1n) is 12.0. The summed E-state index contributed by atoms with van der Waals surface area (Å²) in [5.74, 6) is -6.27. The molecule has 2 N–H and O–H groups in total. The van der Waals surface area contributed by atoms with Crippen LogP contribution in [0.4, 0.5) is 19.0 Å². The van der Waals surface area contributed by atoms with Gasteiger partial charge in [0.2, 0.25) is 5.91 Å². The van der Waals surface area contributed by atoms with Crippen molar-refractivity contribution in [2.24, 2.45) is 0 Å². The van der Waals surface area contributed by atoms with Crippen LogP contribution in [0.3, 0.4) is 0 Å². The molecule has 0 saturated carbocycles. The van der Waals surface area contributed by atoms with E-state index in [-0.39, 0.29) is 11.5 Å². The third kappa shape index (κ3) is 5.09. The Hall–Kier alpha value is -3.53. The monoisotopic (exact) mass is 548 g/mol. The van der Waals surface area contributed by atoms with E-state index in [9.17, 15) is 22.9 Å². The number of nitrogens with one attached hydrogen (secondary N) is 2. The molecule has 0 bridgehead atoms. The second kappa shape index (κ2) is 10.3. The van der Waals surface area contributed by atoms with Crippen LogP contribution in [-0.2, 0) is 20.1 Å². The number of alkyl halides is 2. The van der Waals surface area contributed by atoms with Crippen LogP contribution in [0.25, 0.3) is 10.9 Å². The van der Waals surface area contributed by atoms with Crippen LogP contribution in [0.15, 0.2) is 30.5 Å². The Morgan fingerprint density at radius 1 is 1.18 bits per heavy atom. The van der Waals surface area contributed by atoms with Gasteiger partial charge in [-0.15, -0.1) is 0 Å². The Kier molecular flexibility index (Phi) is 7.47. The van der Waals surface area contributed by atoms with Crippen LogP contribution in [0, 0.1) is 12.7 Å². The van der Waals surface area contributed by atoms with Crippen LogP contribution in [0.1, 0.15) is 36.8 Å². The number of amides is 2. The Morgan fingerprint density at radius 3 is 2.50 bits per heavy atom. The third-order valence-electron chi connectivity index (χ3n) is 6.70. The van der Waals surface area contributed by atoms with Gasteiger partial charge in [-0.1, -0.05) is 12.1 Å². The number of halogens is 3. The van der Waals surface area contributed by atoms with E-state index in [1.54, 1.807) is 24.8 Å². The highest BCUT2D eigenvalue weighted by atomic mass is 31.2. The summed E-state index contributed by atoms with van der Waals surface area (Å²) < 4.78 is 58.0. The predicted octanol–water partition coefficient (Wildman–Crippen LogP) is 3.33. The molecule has 0 unspecified atom stereocenters. The molecule has 0 aliphatic carbocycles. The summed E-state index contributed by atoms with van der Waals surface area (Å²) in [6.07, 6.45) is 2.10. The summed E-state index contributed by atoms with van der Waals surface area (Å²) in [5, 5.41) is 5.40. The minimum absolute atomic E-state index is 0.0727. The van der Waals surface area contributed by atoms with Gasteiger partial charge in [-0.2, -0.15) is 8.78 Å². The highest BCUT2D eigenvalue weighted by Crippen LogP contribution is 2.46. The van der Waals surface area contributed by atoms with Gasteiger partial charge in [0, 0.05) is 50.3 Å².